The van der Waals surface area contributed by atoms with Gasteiger partial charge in [0.1, 0.15) is 0 Å². The Morgan fingerprint density at radius 2 is 2.11 bits per heavy atom. The molecular weight excluding hydrogens is 220 g/mol. The highest BCUT2D eigenvalue weighted by molar-refractivity contribution is 5.31. The Morgan fingerprint density at radius 1 is 1.28 bits per heavy atom. The molecule has 0 amide bonds. The first-order valence-electron chi connectivity index (χ1n) is 7.37. The van der Waals surface area contributed by atoms with Crippen molar-refractivity contribution in [3.63, 3.8) is 0 Å². The van der Waals surface area contributed by atoms with Crippen LogP contribution in [0.25, 0.3) is 0 Å². The first-order valence-corrected chi connectivity index (χ1v) is 7.37. The molecule has 3 rings (SSSR count). The molecule has 0 radical (unpaired) electrons. The van der Waals surface area contributed by atoms with Crippen molar-refractivity contribution in [1.29, 1.82) is 0 Å². The van der Waals surface area contributed by atoms with Crippen molar-refractivity contribution in [2.45, 2.75) is 51.2 Å². The molecule has 1 aromatic rings. The van der Waals surface area contributed by atoms with Gasteiger partial charge in [-0.2, -0.15) is 0 Å². The van der Waals surface area contributed by atoms with Gasteiger partial charge >= 0.3 is 0 Å². The minimum atomic E-state index is 0.532. The summed E-state index contributed by atoms with van der Waals surface area (Å²) in [6.45, 7) is 4.48. The largest absolute Gasteiger partial charge is 0.313 e. The van der Waals surface area contributed by atoms with E-state index in [9.17, 15) is 0 Å². The second kappa shape index (κ2) is 5.41. The van der Waals surface area contributed by atoms with E-state index in [1.807, 2.05) is 0 Å². The highest BCUT2D eigenvalue weighted by atomic mass is 15.0. The van der Waals surface area contributed by atoms with Gasteiger partial charge in [-0.1, -0.05) is 37.1 Å². The molecule has 0 aromatic heterocycles. The van der Waals surface area contributed by atoms with E-state index < -0.39 is 0 Å². The quantitative estimate of drug-likeness (QED) is 0.851. The zero-order valence-electron chi connectivity index (χ0n) is 11.3. The van der Waals surface area contributed by atoms with E-state index in [0.717, 1.165) is 19.0 Å². The van der Waals surface area contributed by atoms with Gasteiger partial charge < -0.3 is 10.6 Å². The molecule has 2 N–H and O–H groups in total. The summed E-state index contributed by atoms with van der Waals surface area (Å²) in [5.41, 5.74) is 2.97. The van der Waals surface area contributed by atoms with Crippen LogP contribution in [0, 0.1) is 5.92 Å². The van der Waals surface area contributed by atoms with Gasteiger partial charge in [-0.3, -0.25) is 0 Å². The zero-order valence-corrected chi connectivity index (χ0v) is 11.3. The van der Waals surface area contributed by atoms with E-state index in [-0.39, 0.29) is 0 Å². The van der Waals surface area contributed by atoms with Crippen molar-refractivity contribution in [1.82, 2.24) is 10.6 Å². The van der Waals surface area contributed by atoms with Crippen molar-refractivity contribution in [2.24, 2.45) is 5.92 Å². The Balaban J connectivity index is 1.70. The molecule has 1 heterocycles. The van der Waals surface area contributed by atoms with Crippen LogP contribution in [0.5, 0.6) is 0 Å². The van der Waals surface area contributed by atoms with Crippen LogP contribution in [-0.2, 0) is 6.54 Å². The molecule has 2 nitrogen and oxygen atoms in total. The molecule has 1 saturated carbocycles. The van der Waals surface area contributed by atoms with Crippen molar-refractivity contribution >= 4 is 0 Å². The van der Waals surface area contributed by atoms with Gasteiger partial charge in [0.15, 0.2) is 0 Å². The summed E-state index contributed by atoms with van der Waals surface area (Å²) in [5.74, 6) is 1.01. The molecule has 0 spiro atoms. The third kappa shape index (κ3) is 2.93. The Hall–Kier alpha value is -0.860. The summed E-state index contributed by atoms with van der Waals surface area (Å²) in [5, 5.41) is 7.37. The number of fused-ring (bicyclic) bond motifs is 1. The standard InChI is InChI=1S/C16H24N2/c1-12(10-13-6-7-13)18-16-8-9-17-11-14-4-2-3-5-15(14)16/h2-5,12-13,16-18H,6-11H2,1H3. The third-order valence-electron chi connectivity index (χ3n) is 4.23. The second-order valence-corrected chi connectivity index (χ2v) is 5.96. The molecule has 2 unspecified atom stereocenters. The molecular formula is C16H24N2. The van der Waals surface area contributed by atoms with Gasteiger partial charge in [0.05, 0.1) is 0 Å². The molecule has 1 fully saturated rings. The van der Waals surface area contributed by atoms with E-state index in [2.05, 4.69) is 41.8 Å². The number of hydrogen-bond donors (Lipinski definition) is 2. The van der Waals surface area contributed by atoms with Gasteiger partial charge in [-0.15, -0.1) is 0 Å². The van der Waals surface area contributed by atoms with Crippen LogP contribution in [0.4, 0.5) is 0 Å². The fourth-order valence-electron chi connectivity index (χ4n) is 3.10. The molecule has 2 heteroatoms. The summed E-state index contributed by atoms with van der Waals surface area (Å²) < 4.78 is 0. The van der Waals surface area contributed by atoms with Gasteiger partial charge in [-0.25, -0.2) is 0 Å². The molecule has 2 aliphatic rings. The number of benzene rings is 1. The number of hydrogen-bond acceptors (Lipinski definition) is 2. The highest BCUT2D eigenvalue weighted by Crippen LogP contribution is 2.34. The van der Waals surface area contributed by atoms with Gasteiger partial charge in [0.25, 0.3) is 0 Å². The van der Waals surface area contributed by atoms with Gasteiger partial charge in [-0.05, 0) is 43.4 Å². The number of nitrogens with one attached hydrogen (secondary N) is 2. The lowest BCUT2D eigenvalue weighted by atomic mass is 9.98. The average molecular weight is 244 g/mol. The Kier molecular flexibility index (Phi) is 3.67. The monoisotopic (exact) mass is 244 g/mol. The molecule has 1 aliphatic carbocycles. The van der Waals surface area contributed by atoms with Gasteiger partial charge in [0.2, 0.25) is 0 Å². The molecule has 1 aromatic carbocycles. The topological polar surface area (TPSA) is 24.1 Å². The first kappa shape index (κ1) is 12.2. The van der Waals surface area contributed by atoms with Crippen LogP contribution in [0.15, 0.2) is 24.3 Å². The minimum absolute atomic E-state index is 0.532. The maximum Gasteiger partial charge on any atom is 0.0337 e. The van der Waals surface area contributed by atoms with Gasteiger partial charge in [0, 0.05) is 18.6 Å². The third-order valence-corrected chi connectivity index (χ3v) is 4.23. The maximum absolute atomic E-state index is 3.85. The smallest absolute Gasteiger partial charge is 0.0337 e. The maximum atomic E-state index is 3.85. The highest BCUT2D eigenvalue weighted by Gasteiger charge is 2.25. The summed E-state index contributed by atoms with van der Waals surface area (Å²) in [6.07, 6.45) is 5.46. The summed E-state index contributed by atoms with van der Waals surface area (Å²) in [6, 6.07) is 10.1. The van der Waals surface area contributed by atoms with Crippen molar-refractivity contribution in [3.8, 4) is 0 Å². The molecule has 18 heavy (non-hydrogen) atoms. The van der Waals surface area contributed by atoms with Crippen molar-refractivity contribution in [2.75, 3.05) is 6.54 Å². The molecule has 2 atom stereocenters. The lowest BCUT2D eigenvalue weighted by molar-refractivity contribution is 0.405. The Labute approximate surface area is 110 Å². The minimum Gasteiger partial charge on any atom is -0.313 e. The predicted molar refractivity (Wildman–Crippen MR) is 75.4 cm³/mol. The summed E-state index contributed by atoms with van der Waals surface area (Å²) >= 11 is 0. The first-order chi connectivity index (χ1) is 8.83. The van der Waals surface area contributed by atoms with Crippen molar-refractivity contribution in [3.05, 3.63) is 35.4 Å². The fraction of sp³-hybridized carbons (Fsp3) is 0.625. The summed E-state index contributed by atoms with van der Waals surface area (Å²) in [4.78, 5) is 0. The lowest BCUT2D eigenvalue weighted by Gasteiger charge is -2.23. The van der Waals surface area contributed by atoms with E-state index >= 15 is 0 Å². The average Bonchev–Trinajstić information content (AvgIpc) is 3.18. The van der Waals surface area contributed by atoms with E-state index in [1.54, 1.807) is 0 Å². The normalized spacial score (nSPS) is 25.3. The molecule has 1 aliphatic heterocycles. The SMILES string of the molecule is CC(CC1CC1)NC1CCNCc2ccccc21. The van der Waals surface area contributed by atoms with Crippen LogP contribution in [0.3, 0.4) is 0 Å². The molecule has 0 saturated heterocycles. The van der Waals surface area contributed by atoms with E-state index in [1.165, 1.54) is 36.8 Å². The Morgan fingerprint density at radius 3 is 2.94 bits per heavy atom. The van der Waals surface area contributed by atoms with Crippen LogP contribution >= 0.6 is 0 Å². The number of rotatable bonds is 4. The molecule has 0 bridgehead atoms. The van der Waals surface area contributed by atoms with Crippen LogP contribution in [-0.4, -0.2) is 12.6 Å². The Bertz CT molecular complexity index is 398. The summed E-state index contributed by atoms with van der Waals surface area (Å²) in [7, 11) is 0. The molecule has 98 valence electrons. The zero-order chi connectivity index (χ0) is 12.4. The van der Waals surface area contributed by atoms with Crippen LogP contribution < -0.4 is 10.6 Å². The van der Waals surface area contributed by atoms with E-state index in [4.69, 9.17) is 0 Å². The second-order valence-electron chi connectivity index (χ2n) is 5.96. The predicted octanol–water partition coefficient (Wildman–Crippen LogP) is 3.00. The van der Waals surface area contributed by atoms with Crippen LogP contribution in [0.2, 0.25) is 0 Å². The lowest BCUT2D eigenvalue weighted by Crippen LogP contribution is -2.31. The van der Waals surface area contributed by atoms with Crippen LogP contribution in [0.1, 0.15) is 49.8 Å². The fourth-order valence-corrected chi connectivity index (χ4v) is 3.10. The van der Waals surface area contributed by atoms with E-state index in [0.29, 0.717) is 12.1 Å². The van der Waals surface area contributed by atoms with Crippen molar-refractivity contribution < 1.29 is 0 Å².